The van der Waals surface area contributed by atoms with Gasteiger partial charge in [-0.25, -0.2) is 9.59 Å². The summed E-state index contributed by atoms with van der Waals surface area (Å²) in [5.41, 5.74) is 15.0. The number of hydrogen-bond acceptors (Lipinski definition) is 7. The van der Waals surface area contributed by atoms with Crippen molar-refractivity contribution in [1.82, 2.24) is 0 Å². The fourth-order valence-electron chi connectivity index (χ4n) is 4.76. The zero-order chi connectivity index (χ0) is 28.7. The first-order valence-electron chi connectivity index (χ1n) is 14.4. The minimum absolute atomic E-state index is 0.0431. The minimum atomic E-state index is -0.449. The van der Waals surface area contributed by atoms with E-state index >= 15 is 0 Å². The molecule has 7 nitrogen and oxygen atoms in total. The van der Waals surface area contributed by atoms with Gasteiger partial charge in [0.05, 0.1) is 18.3 Å². The van der Waals surface area contributed by atoms with Crippen molar-refractivity contribution in [3.63, 3.8) is 0 Å². The van der Waals surface area contributed by atoms with Gasteiger partial charge in [0, 0.05) is 30.0 Å². The van der Waals surface area contributed by atoms with Crippen molar-refractivity contribution >= 4 is 29.4 Å². The number of ether oxygens (including phenoxy) is 3. The molecule has 2 aromatic carbocycles. The average molecular weight is 549 g/mol. The quantitative estimate of drug-likeness (QED) is 0.0824. The summed E-state index contributed by atoms with van der Waals surface area (Å²) in [6, 6.07) is 12.3. The van der Waals surface area contributed by atoms with Crippen LogP contribution in [0.2, 0.25) is 0 Å². The number of esters is 2. The molecule has 0 aromatic heterocycles. The Bertz CT molecular complexity index is 1100. The van der Waals surface area contributed by atoms with E-state index in [1.165, 1.54) is 25.3 Å². The lowest BCUT2D eigenvalue weighted by Crippen LogP contribution is -2.28. The molecule has 1 aliphatic rings. The van der Waals surface area contributed by atoms with Crippen molar-refractivity contribution in [1.29, 1.82) is 0 Å². The molecule has 7 heteroatoms. The predicted octanol–water partition coefficient (Wildman–Crippen LogP) is 6.83. The first kappa shape index (κ1) is 31.0. The number of carbonyl (C=O) groups is 2. The van der Waals surface area contributed by atoms with Gasteiger partial charge >= 0.3 is 11.9 Å². The summed E-state index contributed by atoms with van der Waals surface area (Å²) >= 11 is 0. The van der Waals surface area contributed by atoms with Crippen molar-refractivity contribution in [3.05, 3.63) is 77.9 Å². The number of anilines is 2. The van der Waals surface area contributed by atoms with Gasteiger partial charge in [-0.2, -0.15) is 0 Å². The molecule has 0 bridgehead atoms. The van der Waals surface area contributed by atoms with Crippen molar-refractivity contribution in [2.24, 2.45) is 0 Å². The highest BCUT2D eigenvalue weighted by atomic mass is 16.5. The number of benzene rings is 2. The number of unbranched alkanes of at least 4 members (excludes halogenated alkanes) is 4. The van der Waals surface area contributed by atoms with Gasteiger partial charge in [-0.15, -0.1) is 6.58 Å². The molecule has 3 rings (SSSR count). The highest BCUT2D eigenvalue weighted by molar-refractivity contribution is 5.90. The summed E-state index contributed by atoms with van der Waals surface area (Å²) in [5, 5.41) is 0. The SMILES string of the molecule is C=CCCCCCCOC1CCC(OC(=O)c2ccc(/C=C/C(=O)OCC(C)c3cc(N)cc(N)c3)cc2)CC1. The average Bonchev–Trinajstić information content (AvgIpc) is 2.95. The molecule has 0 amide bonds. The molecule has 4 N–H and O–H groups in total. The van der Waals surface area contributed by atoms with E-state index in [1.54, 1.807) is 36.4 Å². The van der Waals surface area contributed by atoms with Crippen LogP contribution in [0.5, 0.6) is 0 Å². The second kappa shape index (κ2) is 16.5. The molecule has 216 valence electrons. The van der Waals surface area contributed by atoms with E-state index in [-0.39, 0.29) is 30.7 Å². The van der Waals surface area contributed by atoms with Gasteiger partial charge in [0.25, 0.3) is 0 Å². The topological polar surface area (TPSA) is 114 Å². The molecule has 40 heavy (non-hydrogen) atoms. The van der Waals surface area contributed by atoms with Crippen molar-refractivity contribution in [2.45, 2.75) is 82.8 Å². The standard InChI is InChI=1S/C33H44N2O5/c1-3-4-5-6-7-8-19-38-30-14-16-31(17-15-30)40-33(37)26-12-9-25(10-13-26)11-18-32(36)39-23-24(2)27-20-28(34)22-29(35)21-27/h3,9-13,18,20-22,24,30-31H,1,4-8,14-17,19,23,34-35H2,2H3/b18-11+. The third-order valence-electron chi connectivity index (χ3n) is 7.15. The van der Waals surface area contributed by atoms with Crippen LogP contribution in [0, 0.1) is 0 Å². The van der Waals surface area contributed by atoms with Crippen molar-refractivity contribution < 1.29 is 23.8 Å². The highest BCUT2D eigenvalue weighted by Gasteiger charge is 2.24. The highest BCUT2D eigenvalue weighted by Crippen LogP contribution is 2.25. The molecular formula is C33H44N2O5. The van der Waals surface area contributed by atoms with Crippen LogP contribution in [0.15, 0.2) is 61.2 Å². The second-order valence-corrected chi connectivity index (χ2v) is 10.6. The largest absolute Gasteiger partial charge is 0.462 e. The van der Waals surface area contributed by atoms with Crippen molar-refractivity contribution in [3.8, 4) is 0 Å². The van der Waals surface area contributed by atoms with Gasteiger partial charge in [-0.05, 0) is 92.5 Å². The predicted molar refractivity (Wildman–Crippen MR) is 161 cm³/mol. The second-order valence-electron chi connectivity index (χ2n) is 10.6. The number of rotatable bonds is 15. The summed E-state index contributed by atoms with van der Waals surface area (Å²) in [6.07, 6.45) is 14.5. The minimum Gasteiger partial charge on any atom is -0.462 e. The molecular weight excluding hydrogens is 504 g/mol. The number of carbonyl (C=O) groups excluding carboxylic acids is 2. The summed E-state index contributed by atoms with van der Waals surface area (Å²) in [6.45, 7) is 6.71. The fraction of sp³-hybridized carbons (Fsp3) is 0.455. The van der Waals surface area contributed by atoms with E-state index < -0.39 is 5.97 Å². The smallest absolute Gasteiger partial charge is 0.338 e. The molecule has 1 fully saturated rings. The zero-order valence-corrected chi connectivity index (χ0v) is 23.7. The normalized spacial score (nSPS) is 17.8. The number of hydrogen-bond donors (Lipinski definition) is 2. The molecule has 2 aromatic rings. The molecule has 0 aliphatic heterocycles. The Balaban J connectivity index is 1.34. The summed E-state index contributed by atoms with van der Waals surface area (Å²) in [5.74, 6) is -0.816. The lowest BCUT2D eigenvalue weighted by Gasteiger charge is -2.28. The summed E-state index contributed by atoms with van der Waals surface area (Å²) < 4.78 is 17.1. The summed E-state index contributed by atoms with van der Waals surface area (Å²) in [7, 11) is 0. The Morgan fingerprint density at radius 1 is 0.950 bits per heavy atom. The number of nitrogen functional groups attached to an aromatic ring is 2. The van der Waals surface area contributed by atoms with Crippen LogP contribution >= 0.6 is 0 Å². The molecule has 0 spiro atoms. The maximum Gasteiger partial charge on any atom is 0.338 e. The molecule has 1 unspecified atom stereocenters. The van der Waals surface area contributed by atoms with Crippen LogP contribution < -0.4 is 11.5 Å². The van der Waals surface area contributed by atoms with Crippen LogP contribution in [0.3, 0.4) is 0 Å². The molecule has 1 aliphatic carbocycles. The first-order chi connectivity index (χ1) is 19.3. The van der Waals surface area contributed by atoms with E-state index in [2.05, 4.69) is 6.58 Å². The lowest BCUT2D eigenvalue weighted by atomic mass is 9.95. The van der Waals surface area contributed by atoms with Gasteiger partial charge in [-0.3, -0.25) is 0 Å². The van der Waals surface area contributed by atoms with Gasteiger partial charge in [0.15, 0.2) is 0 Å². The molecule has 0 heterocycles. The Kier molecular flexibility index (Phi) is 12.8. The fourth-order valence-corrected chi connectivity index (χ4v) is 4.76. The number of allylic oxidation sites excluding steroid dienone is 1. The van der Waals surface area contributed by atoms with Gasteiger partial charge < -0.3 is 25.7 Å². The maximum atomic E-state index is 12.6. The maximum absolute atomic E-state index is 12.6. The monoisotopic (exact) mass is 548 g/mol. The molecule has 0 radical (unpaired) electrons. The molecule has 0 saturated heterocycles. The molecule has 1 saturated carbocycles. The Morgan fingerprint density at radius 2 is 1.60 bits per heavy atom. The van der Waals surface area contributed by atoms with Crippen LogP contribution in [-0.4, -0.2) is 37.4 Å². The van der Waals surface area contributed by atoms with E-state index in [0.29, 0.717) is 16.9 Å². The lowest BCUT2D eigenvalue weighted by molar-refractivity contribution is -0.138. The van der Waals surface area contributed by atoms with Crippen LogP contribution in [0.4, 0.5) is 11.4 Å². The van der Waals surface area contributed by atoms with Crippen LogP contribution in [0.25, 0.3) is 6.08 Å². The zero-order valence-electron chi connectivity index (χ0n) is 23.7. The first-order valence-corrected chi connectivity index (χ1v) is 14.4. The van der Waals surface area contributed by atoms with Gasteiger partial charge in [0.1, 0.15) is 6.10 Å². The van der Waals surface area contributed by atoms with Crippen molar-refractivity contribution in [2.75, 3.05) is 24.7 Å². The van der Waals surface area contributed by atoms with Crippen LogP contribution in [0.1, 0.15) is 92.1 Å². The van der Waals surface area contributed by atoms with E-state index in [9.17, 15) is 9.59 Å². The van der Waals surface area contributed by atoms with Gasteiger partial charge in [-0.1, -0.05) is 38.0 Å². The van der Waals surface area contributed by atoms with E-state index in [4.69, 9.17) is 25.7 Å². The Hall–Kier alpha value is -3.58. The van der Waals surface area contributed by atoms with Gasteiger partial charge in [0.2, 0.25) is 0 Å². The Morgan fingerprint density at radius 3 is 2.27 bits per heavy atom. The van der Waals surface area contributed by atoms with E-state index in [0.717, 1.165) is 56.3 Å². The third kappa shape index (κ3) is 10.9. The van der Waals surface area contributed by atoms with Crippen LogP contribution in [-0.2, 0) is 19.0 Å². The Labute approximate surface area is 238 Å². The number of nitrogens with two attached hydrogens (primary N) is 2. The van der Waals surface area contributed by atoms with E-state index in [1.807, 2.05) is 25.1 Å². The third-order valence-corrected chi connectivity index (χ3v) is 7.15. The summed E-state index contributed by atoms with van der Waals surface area (Å²) in [4.78, 5) is 24.8. The molecule has 1 atom stereocenters.